The summed E-state index contributed by atoms with van der Waals surface area (Å²) in [6, 6.07) is 8.83. The van der Waals surface area contributed by atoms with Crippen molar-refractivity contribution in [1.29, 1.82) is 0 Å². The summed E-state index contributed by atoms with van der Waals surface area (Å²) in [5, 5.41) is 0.902. The van der Waals surface area contributed by atoms with Crippen LogP contribution < -0.4 is 11.1 Å². The summed E-state index contributed by atoms with van der Waals surface area (Å²) in [7, 11) is 0. The monoisotopic (exact) mass is 360 g/mol. The molecule has 4 heterocycles. The van der Waals surface area contributed by atoms with Gasteiger partial charge in [-0.2, -0.15) is 0 Å². The standard InChI is InChI=1S/C21H20N4O2/c1-14(2)5-10-24-11-6-18-16(20(24)26)13-17-19(23-18)7-12-25(21(17)27)15-3-8-22-9-4-15/h3-4,6-9,11-14H,5,10H2,1-2H3. The van der Waals surface area contributed by atoms with Gasteiger partial charge in [0.25, 0.3) is 11.1 Å². The molecule has 4 rings (SSSR count). The lowest BCUT2D eigenvalue weighted by Gasteiger charge is -2.10. The van der Waals surface area contributed by atoms with Crippen molar-refractivity contribution in [2.75, 3.05) is 0 Å². The van der Waals surface area contributed by atoms with Crippen LogP contribution in [0.25, 0.3) is 27.5 Å². The Labute approximate surface area is 155 Å². The fourth-order valence-corrected chi connectivity index (χ4v) is 3.15. The molecule has 6 heteroatoms. The van der Waals surface area contributed by atoms with E-state index in [9.17, 15) is 9.59 Å². The number of pyridine rings is 4. The van der Waals surface area contributed by atoms with Gasteiger partial charge in [-0.15, -0.1) is 0 Å². The molecule has 0 aromatic carbocycles. The minimum absolute atomic E-state index is 0.110. The number of aromatic nitrogens is 4. The van der Waals surface area contributed by atoms with E-state index in [4.69, 9.17) is 0 Å². The Hall–Kier alpha value is -3.28. The van der Waals surface area contributed by atoms with Gasteiger partial charge in [-0.05, 0) is 42.7 Å². The predicted octanol–water partition coefficient (Wildman–Crippen LogP) is 3.14. The fourth-order valence-electron chi connectivity index (χ4n) is 3.15. The van der Waals surface area contributed by atoms with Gasteiger partial charge >= 0.3 is 0 Å². The van der Waals surface area contributed by atoms with Gasteiger partial charge in [-0.25, -0.2) is 4.98 Å². The third-order valence-corrected chi connectivity index (χ3v) is 4.70. The van der Waals surface area contributed by atoms with Crippen molar-refractivity contribution in [2.45, 2.75) is 26.8 Å². The maximum atomic E-state index is 13.0. The molecule has 0 aliphatic heterocycles. The van der Waals surface area contributed by atoms with E-state index < -0.39 is 0 Å². The van der Waals surface area contributed by atoms with E-state index >= 15 is 0 Å². The maximum Gasteiger partial charge on any atom is 0.264 e. The van der Waals surface area contributed by atoms with Crippen LogP contribution in [0.3, 0.4) is 0 Å². The maximum absolute atomic E-state index is 13.0. The number of nitrogens with zero attached hydrogens (tertiary/aromatic N) is 4. The summed E-state index contributed by atoms with van der Waals surface area (Å²) in [4.78, 5) is 34.3. The van der Waals surface area contributed by atoms with Crippen LogP contribution in [-0.2, 0) is 6.54 Å². The largest absolute Gasteiger partial charge is 0.315 e. The highest BCUT2D eigenvalue weighted by Crippen LogP contribution is 2.16. The van der Waals surface area contributed by atoms with Crippen LogP contribution in [0.15, 0.2) is 64.7 Å². The molecule has 0 saturated carbocycles. The summed E-state index contributed by atoms with van der Waals surface area (Å²) >= 11 is 0. The van der Waals surface area contributed by atoms with Crippen LogP contribution in [-0.4, -0.2) is 19.1 Å². The molecule has 0 fully saturated rings. The van der Waals surface area contributed by atoms with Gasteiger partial charge in [0.05, 0.1) is 27.5 Å². The van der Waals surface area contributed by atoms with Crippen molar-refractivity contribution in [3.8, 4) is 5.69 Å². The van der Waals surface area contributed by atoms with E-state index in [1.54, 1.807) is 53.6 Å². The third-order valence-electron chi connectivity index (χ3n) is 4.70. The number of fused-ring (bicyclic) bond motifs is 2. The highest BCUT2D eigenvalue weighted by atomic mass is 16.1. The van der Waals surface area contributed by atoms with Crippen LogP contribution in [0.4, 0.5) is 0 Å². The molecule has 0 spiro atoms. The van der Waals surface area contributed by atoms with E-state index in [0.29, 0.717) is 34.3 Å². The lowest BCUT2D eigenvalue weighted by Crippen LogP contribution is -2.22. The lowest BCUT2D eigenvalue weighted by molar-refractivity contribution is 0.509. The van der Waals surface area contributed by atoms with Gasteiger partial charge in [0.1, 0.15) is 0 Å². The zero-order chi connectivity index (χ0) is 19.0. The summed E-state index contributed by atoms with van der Waals surface area (Å²) in [5.41, 5.74) is 1.59. The quantitative estimate of drug-likeness (QED) is 0.524. The van der Waals surface area contributed by atoms with E-state index in [1.807, 2.05) is 6.07 Å². The molecular formula is C21H20N4O2. The molecule has 4 aromatic rings. The van der Waals surface area contributed by atoms with E-state index in [0.717, 1.165) is 12.1 Å². The Morgan fingerprint density at radius 1 is 0.926 bits per heavy atom. The zero-order valence-electron chi connectivity index (χ0n) is 15.3. The average molecular weight is 360 g/mol. The molecule has 0 bridgehead atoms. The second-order valence-corrected chi connectivity index (χ2v) is 7.05. The van der Waals surface area contributed by atoms with Crippen LogP contribution in [0.5, 0.6) is 0 Å². The summed E-state index contributed by atoms with van der Waals surface area (Å²) in [6.45, 7) is 4.91. The van der Waals surface area contributed by atoms with E-state index in [2.05, 4.69) is 23.8 Å². The molecular weight excluding hydrogens is 340 g/mol. The van der Waals surface area contributed by atoms with Crippen LogP contribution in [0, 0.1) is 5.92 Å². The molecule has 0 aliphatic rings. The molecule has 0 atom stereocenters. The summed E-state index contributed by atoms with van der Waals surface area (Å²) in [6.07, 6.45) is 7.67. The van der Waals surface area contributed by atoms with Gasteiger partial charge in [0.2, 0.25) is 0 Å². The minimum Gasteiger partial charge on any atom is -0.315 e. The van der Waals surface area contributed by atoms with Gasteiger partial charge in [-0.1, -0.05) is 13.8 Å². The number of aryl methyl sites for hydroxylation is 1. The van der Waals surface area contributed by atoms with Gasteiger partial charge < -0.3 is 4.57 Å². The Morgan fingerprint density at radius 3 is 2.30 bits per heavy atom. The average Bonchev–Trinajstić information content (AvgIpc) is 2.67. The van der Waals surface area contributed by atoms with Crippen molar-refractivity contribution in [3.05, 3.63) is 75.8 Å². The Kier molecular flexibility index (Phi) is 4.32. The molecule has 0 radical (unpaired) electrons. The molecule has 136 valence electrons. The number of hydrogen-bond donors (Lipinski definition) is 0. The SMILES string of the molecule is CC(C)CCn1ccc2nc3ccn(-c4ccncc4)c(=O)c3cc2c1=O. The molecule has 0 saturated heterocycles. The second kappa shape index (κ2) is 6.79. The second-order valence-electron chi connectivity index (χ2n) is 7.05. The lowest BCUT2D eigenvalue weighted by atomic mass is 10.1. The van der Waals surface area contributed by atoms with Gasteiger partial charge in [0.15, 0.2) is 0 Å². The van der Waals surface area contributed by atoms with Crippen LogP contribution in [0.1, 0.15) is 20.3 Å². The fraction of sp³-hybridized carbons (Fsp3) is 0.238. The molecule has 0 unspecified atom stereocenters. The first-order valence-electron chi connectivity index (χ1n) is 9.00. The molecule has 0 amide bonds. The molecule has 27 heavy (non-hydrogen) atoms. The number of hydrogen-bond acceptors (Lipinski definition) is 4. The van der Waals surface area contributed by atoms with E-state index in [-0.39, 0.29) is 11.1 Å². The Balaban J connectivity index is 1.92. The normalized spacial score (nSPS) is 11.5. The van der Waals surface area contributed by atoms with Crippen molar-refractivity contribution >= 4 is 21.8 Å². The third kappa shape index (κ3) is 3.14. The van der Waals surface area contributed by atoms with Crippen molar-refractivity contribution in [3.63, 3.8) is 0 Å². The zero-order valence-corrected chi connectivity index (χ0v) is 15.3. The van der Waals surface area contributed by atoms with Gasteiger partial charge in [-0.3, -0.25) is 19.1 Å². The topological polar surface area (TPSA) is 69.8 Å². The molecule has 6 nitrogen and oxygen atoms in total. The Morgan fingerprint density at radius 2 is 1.59 bits per heavy atom. The minimum atomic E-state index is -0.204. The first-order valence-corrected chi connectivity index (χ1v) is 9.00. The summed E-state index contributed by atoms with van der Waals surface area (Å²) < 4.78 is 3.23. The van der Waals surface area contributed by atoms with Crippen molar-refractivity contribution in [1.82, 2.24) is 19.1 Å². The highest BCUT2D eigenvalue weighted by Gasteiger charge is 2.11. The van der Waals surface area contributed by atoms with Crippen molar-refractivity contribution < 1.29 is 0 Å². The molecule has 4 aromatic heterocycles. The highest BCUT2D eigenvalue weighted by molar-refractivity contribution is 5.91. The van der Waals surface area contributed by atoms with Crippen LogP contribution in [0.2, 0.25) is 0 Å². The van der Waals surface area contributed by atoms with Crippen molar-refractivity contribution in [2.24, 2.45) is 5.92 Å². The molecule has 0 N–H and O–H groups in total. The van der Waals surface area contributed by atoms with Gasteiger partial charge in [0, 0.05) is 31.3 Å². The first kappa shape index (κ1) is 17.1. The predicted molar refractivity (Wildman–Crippen MR) is 106 cm³/mol. The van der Waals surface area contributed by atoms with E-state index in [1.165, 1.54) is 4.57 Å². The summed E-state index contributed by atoms with van der Waals surface area (Å²) in [5.74, 6) is 0.509. The first-order chi connectivity index (χ1) is 13.0. The number of rotatable bonds is 4. The smallest absolute Gasteiger partial charge is 0.264 e. The van der Waals surface area contributed by atoms with Crippen LogP contribution >= 0.6 is 0 Å². The molecule has 0 aliphatic carbocycles. The Bertz CT molecular complexity index is 1240.